The van der Waals surface area contributed by atoms with Crippen molar-refractivity contribution in [2.45, 2.75) is 46.5 Å². The van der Waals surface area contributed by atoms with Gasteiger partial charge in [-0.3, -0.25) is 24.2 Å². The molecule has 38 heavy (non-hydrogen) atoms. The van der Waals surface area contributed by atoms with Crippen molar-refractivity contribution in [1.82, 2.24) is 4.90 Å². The number of anilines is 2. The molecule has 0 radical (unpaired) electrons. The molecule has 1 N–H and O–H groups in total. The van der Waals surface area contributed by atoms with Crippen LogP contribution in [0.15, 0.2) is 53.4 Å². The first-order chi connectivity index (χ1) is 18.4. The molecular formula is C29H33N3O4S2. The standard InChI is InChI=1S/C29H33N3O4S2/c1-4-7-10-19(5-2)17-32-28(35)26(38-29(32)37)25-22-11-8-9-12-23(22)31(27(25)34)18-24(33)30-20-13-15-21(16-14-20)36-6-3/h8-9,11-16,19H,4-7,10,17-18H2,1-3H3,(H,30,33)/b26-25-/t19-/m1/s1. The number of nitrogens with zero attached hydrogens (tertiary/aromatic N) is 2. The van der Waals surface area contributed by atoms with Crippen LogP contribution >= 0.6 is 24.0 Å². The van der Waals surface area contributed by atoms with Gasteiger partial charge in [0.05, 0.1) is 22.8 Å². The summed E-state index contributed by atoms with van der Waals surface area (Å²) in [5, 5.41) is 2.84. The Morgan fingerprint density at radius 1 is 1.03 bits per heavy atom. The summed E-state index contributed by atoms with van der Waals surface area (Å²) >= 11 is 6.76. The quantitative estimate of drug-likeness (QED) is 0.279. The first-order valence-corrected chi connectivity index (χ1v) is 14.3. The second kappa shape index (κ2) is 12.6. The minimum Gasteiger partial charge on any atom is -0.494 e. The van der Waals surface area contributed by atoms with Gasteiger partial charge in [-0.1, -0.05) is 75.3 Å². The van der Waals surface area contributed by atoms with Crippen LogP contribution in [0.3, 0.4) is 0 Å². The number of benzene rings is 2. The van der Waals surface area contributed by atoms with Crippen molar-refractivity contribution in [3.8, 4) is 5.75 Å². The number of unbranched alkanes of at least 4 members (excludes halogenated alkanes) is 1. The number of fused-ring (bicyclic) bond motifs is 1. The molecule has 0 aromatic heterocycles. The Morgan fingerprint density at radius 2 is 1.76 bits per heavy atom. The highest BCUT2D eigenvalue weighted by atomic mass is 32.2. The number of hydrogen-bond donors (Lipinski definition) is 1. The molecular weight excluding hydrogens is 518 g/mol. The van der Waals surface area contributed by atoms with Crippen molar-refractivity contribution < 1.29 is 19.1 Å². The van der Waals surface area contributed by atoms with Gasteiger partial charge in [0.25, 0.3) is 11.8 Å². The Kier molecular flexibility index (Phi) is 9.22. The van der Waals surface area contributed by atoms with E-state index in [1.54, 1.807) is 35.2 Å². The van der Waals surface area contributed by atoms with Gasteiger partial charge >= 0.3 is 0 Å². The zero-order valence-electron chi connectivity index (χ0n) is 22.0. The molecule has 2 heterocycles. The molecule has 9 heteroatoms. The molecule has 0 unspecified atom stereocenters. The summed E-state index contributed by atoms with van der Waals surface area (Å²) in [6, 6.07) is 14.3. The zero-order chi connectivity index (χ0) is 27.2. The van der Waals surface area contributed by atoms with Crippen molar-refractivity contribution in [2.24, 2.45) is 5.92 Å². The number of amides is 3. The molecule has 1 atom stereocenters. The van der Waals surface area contributed by atoms with E-state index in [9.17, 15) is 14.4 Å². The van der Waals surface area contributed by atoms with Crippen LogP contribution in [0.4, 0.5) is 11.4 Å². The van der Waals surface area contributed by atoms with E-state index in [2.05, 4.69) is 19.2 Å². The molecule has 0 spiro atoms. The van der Waals surface area contributed by atoms with Crippen LogP contribution in [0.2, 0.25) is 0 Å². The average Bonchev–Trinajstić information content (AvgIpc) is 3.34. The second-order valence-electron chi connectivity index (χ2n) is 9.32. The molecule has 1 fully saturated rings. The maximum absolute atomic E-state index is 13.7. The third-order valence-corrected chi connectivity index (χ3v) is 8.18. The van der Waals surface area contributed by atoms with Crippen molar-refractivity contribution in [3.05, 3.63) is 59.0 Å². The van der Waals surface area contributed by atoms with E-state index in [4.69, 9.17) is 17.0 Å². The van der Waals surface area contributed by atoms with Gasteiger partial charge in [-0.25, -0.2) is 0 Å². The van der Waals surface area contributed by atoms with E-state index < -0.39 is 0 Å². The number of hydrogen-bond acceptors (Lipinski definition) is 6. The highest BCUT2D eigenvalue weighted by molar-refractivity contribution is 8.26. The Labute approximate surface area is 233 Å². The van der Waals surface area contributed by atoms with Crippen molar-refractivity contribution in [2.75, 3.05) is 29.9 Å². The lowest BCUT2D eigenvalue weighted by Gasteiger charge is -2.21. The van der Waals surface area contributed by atoms with Crippen molar-refractivity contribution in [3.63, 3.8) is 0 Å². The molecule has 0 saturated carbocycles. The van der Waals surface area contributed by atoms with Gasteiger partial charge in [0.2, 0.25) is 5.91 Å². The van der Waals surface area contributed by atoms with Crippen LogP contribution < -0.4 is 15.0 Å². The summed E-state index contributed by atoms with van der Waals surface area (Å²) in [5.74, 6) is 0.135. The predicted molar refractivity (Wildman–Crippen MR) is 157 cm³/mol. The van der Waals surface area contributed by atoms with Crippen LogP contribution in [0.5, 0.6) is 5.75 Å². The summed E-state index contributed by atoms with van der Waals surface area (Å²) in [4.78, 5) is 43.5. The molecule has 2 aliphatic rings. The molecule has 7 nitrogen and oxygen atoms in total. The molecule has 2 aromatic carbocycles. The Hall–Kier alpha value is -3.17. The Morgan fingerprint density at radius 3 is 2.45 bits per heavy atom. The first kappa shape index (κ1) is 27.9. The van der Waals surface area contributed by atoms with E-state index in [1.807, 2.05) is 25.1 Å². The van der Waals surface area contributed by atoms with Crippen LogP contribution in [-0.4, -0.2) is 46.6 Å². The smallest absolute Gasteiger partial charge is 0.267 e. The molecule has 2 aromatic rings. The number of ether oxygens (including phenoxy) is 1. The second-order valence-corrected chi connectivity index (χ2v) is 11.0. The highest BCUT2D eigenvalue weighted by Crippen LogP contribution is 2.44. The minimum absolute atomic E-state index is 0.179. The van der Waals surface area contributed by atoms with Gasteiger partial charge in [-0.2, -0.15) is 0 Å². The van der Waals surface area contributed by atoms with Crippen LogP contribution in [-0.2, 0) is 14.4 Å². The number of para-hydroxylation sites is 1. The maximum Gasteiger partial charge on any atom is 0.267 e. The molecule has 2 aliphatic heterocycles. The van der Waals surface area contributed by atoms with Gasteiger partial charge in [0, 0.05) is 17.8 Å². The largest absolute Gasteiger partial charge is 0.494 e. The fraction of sp³-hybridized carbons (Fsp3) is 0.379. The topological polar surface area (TPSA) is 79.0 Å². The lowest BCUT2D eigenvalue weighted by molar-refractivity contribution is -0.123. The fourth-order valence-electron chi connectivity index (χ4n) is 4.68. The van der Waals surface area contributed by atoms with Gasteiger partial charge in [0.15, 0.2) is 0 Å². The van der Waals surface area contributed by atoms with E-state index >= 15 is 0 Å². The molecule has 4 rings (SSSR count). The number of rotatable bonds is 11. The normalized spacial score (nSPS) is 17.7. The van der Waals surface area contributed by atoms with E-state index in [0.717, 1.165) is 25.7 Å². The highest BCUT2D eigenvalue weighted by Gasteiger charge is 2.42. The average molecular weight is 552 g/mol. The van der Waals surface area contributed by atoms with Crippen LogP contribution in [0.25, 0.3) is 5.57 Å². The number of carbonyl (C=O) groups is 3. The SMILES string of the molecule is CCCC[C@@H](CC)CN1C(=O)/C(=C2/C(=O)N(CC(=O)Nc3ccc(OCC)cc3)c3ccccc32)SC1=S. The van der Waals surface area contributed by atoms with Gasteiger partial charge in [-0.05, 0) is 49.6 Å². The predicted octanol–water partition coefficient (Wildman–Crippen LogP) is 5.86. The van der Waals surface area contributed by atoms with E-state index in [-0.39, 0.29) is 24.3 Å². The zero-order valence-corrected chi connectivity index (χ0v) is 23.6. The number of thioether (sulfide) groups is 1. The van der Waals surface area contributed by atoms with Crippen molar-refractivity contribution >= 4 is 63.0 Å². The molecule has 0 aliphatic carbocycles. The van der Waals surface area contributed by atoms with Gasteiger partial charge in [-0.15, -0.1) is 0 Å². The lowest BCUT2D eigenvalue weighted by Crippen LogP contribution is -2.36. The van der Waals surface area contributed by atoms with Crippen LogP contribution in [0, 0.1) is 5.92 Å². The van der Waals surface area contributed by atoms with E-state index in [1.165, 1.54) is 16.7 Å². The number of thiocarbonyl (C=S) groups is 1. The summed E-state index contributed by atoms with van der Waals surface area (Å²) in [6.45, 7) is 7.13. The van der Waals surface area contributed by atoms with Crippen LogP contribution in [0.1, 0.15) is 52.0 Å². The van der Waals surface area contributed by atoms with E-state index in [0.29, 0.717) is 56.6 Å². The Balaban J connectivity index is 1.55. The van der Waals surface area contributed by atoms with Crippen molar-refractivity contribution in [1.29, 1.82) is 0 Å². The summed E-state index contributed by atoms with van der Waals surface area (Å²) in [6.07, 6.45) is 4.21. The minimum atomic E-state index is -0.369. The number of carbonyl (C=O) groups excluding carboxylic acids is 3. The third kappa shape index (κ3) is 5.94. The third-order valence-electron chi connectivity index (χ3n) is 6.73. The molecule has 1 saturated heterocycles. The molecule has 200 valence electrons. The monoisotopic (exact) mass is 551 g/mol. The molecule has 3 amide bonds. The summed E-state index contributed by atoms with van der Waals surface area (Å²) in [5.41, 5.74) is 2.17. The Bertz CT molecular complexity index is 1260. The van der Waals surface area contributed by atoms with Gasteiger partial charge in [0.1, 0.15) is 16.6 Å². The maximum atomic E-state index is 13.7. The van der Waals surface area contributed by atoms with Gasteiger partial charge < -0.3 is 10.1 Å². The number of nitrogens with one attached hydrogen (secondary N) is 1. The summed E-state index contributed by atoms with van der Waals surface area (Å²) < 4.78 is 5.92. The lowest BCUT2D eigenvalue weighted by atomic mass is 9.98. The summed E-state index contributed by atoms with van der Waals surface area (Å²) in [7, 11) is 0. The fourth-order valence-corrected chi connectivity index (χ4v) is 6.03. The molecule has 0 bridgehead atoms. The first-order valence-electron chi connectivity index (χ1n) is 13.1.